The van der Waals surface area contributed by atoms with Crippen LogP contribution in [-0.4, -0.2) is 27.9 Å². The standard InChI is InChI=1S/C19H24ClNO2S2.C2H6.C2H2/c1-15-5-9-18(10-6-15)25(23)21(11-3-4-12-24-2)19-13-17(20)8-7-16(19)14-22;2*1-2/h5-10,13,22H,3-4,11-12,14H2,1-2H3;1-2H3;1-2H. The first kappa shape index (κ1) is 27.5. The molecule has 160 valence electrons. The quantitative estimate of drug-likeness (QED) is 0.369. The van der Waals surface area contributed by atoms with E-state index in [-0.39, 0.29) is 6.61 Å². The topological polar surface area (TPSA) is 40.5 Å². The van der Waals surface area contributed by atoms with Crippen LogP contribution in [0.3, 0.4) is 0 Å². The number of aryl methyl sites for hydroxylation is 1. The van der Waals surface area contributed by atoms with E-state index in [1.807, 2.05) is 61.1 Å². The van der Waals surface area contributed by atoms with Gasteiger partial charge in [-0.1, -0.05) is 49.2 Å². The van der Waals surface area contributed by atoms with Gasteiger partial charge in [0.1, 0.15) is 0 Å². The van der Waals surface area contributed by atoms with Crippen molar-refractivity contribution in [2.45, 2.75) is 45.1 Å². The first-order chi connectivity index (χ1) is 14.1. The fraction of sp³-hybridized carbons (Fsp3) is 0.391. The number of hydrogen-bond acceptors (Lipinski definition) is 3. The van der Waals surface area contributed by atoms with E-state index in [0.717, 1.165) is 40.3 Å². The number of thioether (sulfide) groups is 1. The van der Waals surface area contributed by atoms with E-state index in [1.165, 1.54) is 0 Å². The molecule has 2 aromatic rings. The average molecular weight is 454 g/mol. The maximum atomic E-state index is 13.2. The second-order valence-corrected chi connectivity index (χ2v) is 8.63. The highest BCUT2D eigenvalue weighted by atomic mass is 35.5. The third kappa shape index (κ3) is 9.27. The van der Waals surface area contributed by atoms with Crippen molar-refractivity contribution in [3.63, 3.8) is 0 Å². The molecule has 0 saturated heterocycles. The minimum atomic E-state index is -1.35. The molecule has 3 nitrogen and oxygen atoms in total. The molecule has 0 radical (unpaired) electrons. The summed E-state index contributed by atoms with van der Waals surface area (Å²) < 4.78 is 15.1. The Morgan fingerprint density at radius 2 is 1.72 bits per heavy atom. The summed E-state index contributed by atoms with van der Waals surface area (Å²) in [7, 11) is -1.35. The summed E-state index contributed by atoms with van der Waals surface area (Å²) in [4.78, 5) is 0.749. The van der Waals surface area contributed by atoms with Crippen molar-refractivity contribution in [1.29, 1.82) is 0 Å². The van der Waals surface area contributed by atoms with Crippen LogP contribution in [0.25, 0.3) is 0 Å². The van der Waals surface area contributed by atoms with E-state index >= 15 is 0 Å². The van der Waals surface area contributed by atoms with Crippen molar-refractivity contribution in [2.75, 3.05) is 22.9 Å². The molecule has 0 aliphatic carbocycles. The molecule has 1 N–H and O–H groups in total. The highest BCUT2D eigenvalue weighted by Gasteiger charge is 2.19. The molecule has 0 spiro atoms. The van der Waals surface area contributed by atoms with E-state index in [0.29, 0.717) is 11.6 Å². The Bertz CT molecular complexity index is 748. The van der Waals surface area contributed by atoms with Crippen LogP contribution >= 0.6 is 23.4 Å². The lowest BCUT2D eigenvalue weighted by Gasteiger charge is -2.26. The van der Waals surface area contributed by atoms with Gasteiger partial charge in [-0.3, -0.25) is 4.31 Å². The number of aliphatic hydroxyl groups excluding tert-OH is 1. The predicted molar refractivity (Wildman–Crippen MR) is 131 cm³/mol. The van der Waals surface area contributed by atoms with Gasteiger partial charge in [-0.2, -0.15) is 11.8 Å². The number of hydrogen-bond donors (Lipinski definition) is 1. The SMILES string of the molecule is C#C.CC.CSCCCCN(c1cc(Cl)ccc1CO)S(=O)c1ccc(C)cc1. The number of rotatable bonds is 9. The molecule has 0 saturated carbocycles. The molecule has 6 heteroatoms. The number of aliphatic hydroxyl groups is 1. The molecule has 29 heavy (non-hydrogen) atoms. The van der Waals surface area contributed by atoms with Crippen LogP contribution in [0.4, 0.5) is 5.69 Å². The lowest BCUT2D eigenvalue weighted by atomic mass is 10.2. The Labute approximate surface area is 188 Å². The van der Waals surface area contributed by atoms with Crippen molar-refractivity contribution in [1.82, 2.24) is 0 Å². The zero-order chi connectivity index (χ0) is 22.2. The second-order valence-electron chi connectivity index (χ2n) is 5.80. The van der Waals surface area contributed by atoms with Crippen LogP contribution in [0.15, 0.2) is 47.4 Å². The number of unbranched alkanes of at least 4 members (excludes halogenated alkanes) is 1. The molecule has 0 heterocycles. The third-order valence-corrected chi connectivity index (χ3v) is 6.26. The molecule has 0 bridgehead atoms. The van der Waals surface area contributed by atoms with Crippen molar-refractivity contribution in [2.24, 2.45) is 0 Å². The molecule has 2 rings (SSSR count). The predicted octanol–water partition coefficient (Wildman–Crippen LogP) is 6.09. The van der Waals surface area contributed by atoms with Crippen molar-refractivity contribution < 1.29 is 9.32 Å². The number of terminal acetylenes is 1. The largest absolute Gasteiger partial charge is 0.392 e. The Balaban J connectivity index is 0.00000184. The zero-order valence-electron chi connectivity index (χ0n) is 17.7. The number of nitrogens with zero attached hydrogens (tertiary/aromatic N) is 1. The van der Waals surface area contributed by atoms with Gasteiger partial charge in [0.15, 0.2) is 11.0 Å². The van der Waals surface area contributed by atoms with Gasteiger partial charge in [0.05, 0.1) is 17.2 Å². The average Bonchev–Trinajstić information content (AvgIpc) is 2.77. The van der Waals surface area contributed by atoms with Gasteiger partial charge in [0.2, 0.25) is 0 Å². The van der Waals surface area contributed by atoms with Crippen molar-refractivity contribution in [3.8, 4) is 12.8 Å². The highest BCUT2D eigenvalue weighted by molar-refractivity contribution is 7.98. The highest BCUT2D eigenvalue weighted by Crippen LogP contribution is 2.29. The maximum Gasteiger partial charge on any atom is 0.152 e. The second kappa shape index (κ2) is 16.4. The lowest BCUT2D eigenvalue weighted by Crippen LogP contribution is -2.28. The van der Waals surface area contributed by atoms with Crippen LogP contribution in [0.1, 0.15) is 37.8 Å². The summed E-state index contributed by atoms with van der Waals surface area (Å²) in [5.74, 6) is 1.08. The van der Waals surface area contributed by atoms with Gasteiger partial charge in [0.25, 0.3) is 0 Å². The minimum absolute atomic E-state index is 0.112. The lowest BCUT2D eigenvalue weighted by molar-refractivity contribution is 0.282. The fourth-order valence-corrected chi connectivity index (χ4v) is 4.41. The van der Waals surface area contributed by atoms with Crippen LogP contribution < -0.4 is 4.31 Å². The van der Waals surface area contributed by atoms with Gasteiger partial charge in [0, 0.05) is 17.1 Å². The monoisotopic (exact) mass is 453 g/mol. The number of halogens is 1. The summed E-state index contributed by atoms with van der Waals surface area (Å²) in [6, 6.07) is 13.0. The molecule has 0 fully saturated rings. The molecule has 1 unspecified atom stereocenters. The summed E-state index contributed by atoms with van der Waals surface area (Å²) in [5.41, 5.74) is 2.60. The van der Waals surface area contributed by atoms with Gasteiger partial charge < -0.3 is 5.11 Å². The summed E-state index contributed by atoms with van der Waals surface area (Å²) in [6.45, 7) is 6.54. The first-order valence-electron chi connectivity index (χ1n) is 9.54. The van der Waals surface area contributed by atoms with Crippen LogP contribution in [-0.2, 0) is 17.6 Å². The molecule has 1 atom stereocenters. The minimum Gasteiger partial charge on any atom is -0.392 e. The molecule has 0 aliphatic rings. The summed E-state index contributed by atoms with van der Waals surface area (Å²) >= 11 is 7.97. The van der Waals surface area contributed by atoms with Gasteiger partial charge >= 0.3 is 0 Å². The fourth-order valence-electron chi connectivity index (χ4n) is 2.48. The van der Waals surface area contributed by atoms with Crippen molar-refractivity contribution in [3.05, 3.63) is 58.6 Å². The Morgan fingerprint density at radius 3 is 2.28 bits per heavy atom. The van der Waals surface area contributed by atoms with Gasteiger partial charge in [-0.15, -0.1) is 12.8 Å². The normalized spacial score (nSPS) is 10.8. The van der Waals surface area contributed by atoms with E-state index in [9.17, 15) is 9.32 Å². The van der Waals surface area contributed by atoms with Gasteiger partial charge in [-0.25, -0.2) is 4.21 Å². The molecular formula is C23H32ClNO2S2. The molecule has 0 aliphatic heterocycles. The van der Waals surface area contributed by atoms with Crippen LogP contribution in [0.2, 0.25) is 5.02 Å². The third-order valence-electron chi connectivity index (χ3n) is 3.87. The molecule has 0 amide bonds. The molecule has 2 aromatic carbocycles. The smallest absolute Gasteiger partial charge is 0.152 e. The molecular weight excluding hydrogens is 422 g/mol. The van der Waals surface area contributed by atoms with E-state index < -0.39 is 11.0 Å². The van der Waals surface area contributed by atoms with Gasteiger partial charge in [-0.05, 0) is 56.0 Å². The Kier molecular flexibility index (Phi) is 15.5. The zero-order valence-corrected chi connectivity index (χ0v) is 20.1. The Morgan fingerprint density at radius 1 is 1.10 bits per heavy atom. The first-order valence-corrected chi connectivity index (χ1v) is 12.4. The van der Waals surface area contributed by atoms with Crippen LogP contribution in [0.5, 0.6) is 0 Å². The Hall–Kier alpha value is -1.45. The summed E-state index contributed by atoms with van der Waals surface area (Å²) in [5, 5.41) is 10.3. The number of anilines is 1. The van der Waals surface area contributed by atoms with E-state index in [1.54, 1.807) is 18.2 Å². The summed E-state index contributed by atoms with van der Waals surface area (Å²) in [6.07, 6.45) is 12.1. The molecule has 0 aromatic heterocycles. The number of benzene rings is 2. The maximum absolute atomic E-state index is 13.2. The van der Waals surface area contributed by atoms with E-state index in [4.69, 9.17) is 11.6 Å². The van der Waals surface area contributed by atoms with Crippen LogP contribution in [0, 0.1) is 19.8 Å². The van der Waals surface area contributed by atoms with E-state index in [2.05, 4.69) is 19.1 Å². The van der Waals surface area contributed by atoms with Crippen molar-refractivity contribution >= 4 is 40.0 Å².